The van der Waals surface area contributed by atoms with Gasteiger partial charge in [-0.25, -0.2) is 4.39 Å². The first-order chi connectivity index (χ1) is 12.5. The molecule has 0 bridgehead atoms. The molecule has 0 amide bonds. The molecule has 0 saturated heterocycles. The molecular weight excluding hydrogens is 331 g/mol. The van der Waals surface area contributed by atoms with Crippen LogP contribution in [0, 0.1) is 18.7 Å². The lowest BCUT2D eigenvalue weighted by atomic mass is 9.85. The molecule has 5 heteroatoms. The minimum absolute atomic E-state index is 0.282. The number of aliphatic carboxylic acids is 1. The van der Waals surface area contributed by atoms with Gasteiger partial charge in [-0.05, 0) is 53.8 Å². The van der Waals surface area contributed by atoms with Crippen molar-refractivity contribution >= 4 is 22.6 Å². The van der Waals surface area contributed by atoms with Crippen molar-refractivity contribution in [3.63, 3.8) is 0 Å². The van der Waals surface area contributed by atoms with Crippen LogP contribution in [0.2, 0.25) is 0 Å². The van der Waals surface area contributed by atoms with Gasteiger partial charge in [0.15, 0.2) is 0 Å². The molecule has 0 saturated carbocycles. The zero-order valence-electron chi connectivity index (χ0n) is 14.2. The molecule has 130 valence electrons. The van der Waals surface area contributed by atoms with E-state index in [9.17, 15) is 14.3 Å². The maximum atomic E-state index is 14.0. The average Bonchev–Trinajstić information content (AvgIpc) is 3.09. The van der Waals surface area contributed by atoms with Gasteiger partial charge in [-0.1, -0.05) is 24.3 Å². The van der Waals surface area contributed by atoms with Crippen LogP contribution in [0.5, 0.6) is 0 Å². The Morgan fingerprint density at radius 2 is 1.92 bits per heavy atom. The quantitative estimate of drug-likeness (QED) is 0.764. The van der Waals surface area contributed by atoms with Crippen molar-refractivity contribution in [1.29, 1.82) is 0 Å². The summed E-state index contributed by atoms with van der Waals surface area (Å²) in [6.07, 6.45) is 5.61. The van der Waals surface area contributed by atoms with E-state index in [4.69, 9.17) is 0 Å². The van der Waals surface area contributed by atoms with Crippen molar-refractivity contribution in [1.82, 2.24) is 9.97 Å². The van der Waals surface area contributed by atoms with Crippen LogP contribution in [0.3, 0.4) is 0 Å². The highest BCUT2D eigenvalue weighted by molar-refractivity contribution is 5.85. The Labute approximate surface area is 150 Å². The fourth-order valence-electron chi connectivity index (χ4n) is 3.71. The minimum atomic E-state index is -0.894. The van der Waals surface area contributed by atoms with Gasteiger partial charge in [0, 0.05) is 18.3 Å². The van der Waals surface area contributed by atoms with E-state index in [1.807, 2.05) is 24.3 Å². The molecule has 0 radical (unpaired) electrons. The summed E-state index contributed by atoms with van der Waals surface area (Å²) < 4.78 is 14.0. The normalized spacial score (nSPS) is 19.5. The molecule has 1 heterocycles. The van der Waals surface area contributed by atoms with Crippen molar-refractivity contribution in [3.05, 3.63) is 77.4 Å². The Bertz CT molecular complexity index is 1050. The maximum Gasteiger partial charge on any atom is 0.311 e. The lowest BCUT2D eigenvalue weighted by Gasteiger charge is -2.19. The highest BCUT2D eigenvalue weighted by Gasteiger charge is 2.35. The number of hydrogen-bond donors (Lipinski definition) is 1. The zero-order chi connectivity index (χ0) is 18.3. The average molecular weight is 348 g/mol. The highest BCUT2D eigenvalue weighted by Crippen LogP contribution is 2.44. The smallest absolute Gasteiger partial charge is 0.311 e. The molecule has 1 aliphatic rings. The molecule has 0 spiro atoms. The van der Waals surface area contributed by atoms with Crippen LogP contribution < -0.4 is 0 Å². The minimum Gasteiger partial charge on any atom is -0.481 e. The van der Waals surface area contributed by atoms with E-state index in [2.05, 4.69) is 9.97 Å². The van der Waals surface area contributed by atoms with Gasteiger partial charge in [0.2, 0.25) is 0 Å². The van der Waals surface area contributed by atoms with Crippen molar-refractivity contribution in [3.8, 4) is 0 Å². The Morgan fingerprint density at radius 3 is 2.69 bits per heavy atom. The Morgan fingerprint density at radius 1 is 1.15 bits per heavy atom. The summed E-state index contributed by atoms with van der Waals surface area (Å²) in [5, 5.41) is 9.68. The van der Waals surface area contributed by atoms with Gasteiger partial charge in [0.05, 0.1) is 17.0 Å². The summed E-state index contributed by atoms with van der Waals surface area (Å²) in [4.78, 5) is 20.4. The number of carboxylic acid groups (broad SMARTS) is 1. The summed E-state index contributed by atoms with van der Waals surface area (Å²) in [5.41, 5.74) is 4.71. The summed E-state index contributed by atoms with van der Waals surface area (Å²) in [5.74, 6) is -2.16. The molecule has 1 N–H and O–H groups in total. The van der Waals surface area contributed by atoms with Gasteiger partial charge in [-0.15, -0.1) is 0 Å². The van der Waals surface area contributed by atoms with Crippen LogP contribution in [0.25, 0.3) is 16.6 Å². The fraction of sp³-hybridized carbons (Fsp3) is 0.190. The number of benzene rings is 2. The summed E-state index contributed by atoms with van der Waals surface area (Å²) in [6, 6.07) is 10.6. The number of carboxylic acids is 1. The lowest BCUT2D eigenvalue weighted by Crippen LogP contribution is -2.17. The summed E-state index contributed by atoms with van der Waals surface area (Å²) in [6.45, 7) is 1.70. The standard InChI is InChI=1S/C21H17FN2O2/c1-12-15(3-2-4-18(12)22)16-9-14(10-17(16)21(25)26)13-5-6-19-20(11-13)24-8-7-23-19/h2-8,10-11,16-17H,9H2,1H3,(H,25,26). The van der Waals surface area contributed by atoms with Gasteiger partial charge in [-0.3, -0.25) is 14.8 Å². The number of carbonyl (C=O) groups is 1. The first-order valence-corrected chi connectivity index (χ1v) is 8.44. The van der Waals surface area contributed by atoms with E-state index in [-0.39, 0.29) is 11.7 Å². The van der Waals surface area contributed by atoms with Crippen molar-refractivity contribution in [2.24, 2.45) is 5.92 Å². The number of allylic oxidation sites excluding steroid dienone is 1. The Kier molecular flexibility index (Phi) is 3.99. The molecule has 0 fully saturated rings. The molecule has 1 aromatic heterocycles. The molecule has 0 aliphatic heterocycles. The predicted molar refractivity (Wildman–Crippen MR) is 97.1 cm³/mol. The van der Waals surface area contributed by atoms with Crippen molar-refractivity contribution in [2.45, 2.75) is 19.3 Å². The van der Waals surface area contributed by atoms with Gasteiger partial charge < -0.3 is 5.11 Å². The maximum absolute atomic E-state index is 14.0. The van der Waals surface area contributed by atoms with Crippen LogP contribution in [-0.4, -0.2) is 21.0 Å². The molecule has 2 aromatic carbocycles. The molecule has 26 heavy (non-hydrogen) atoms. The van der Waals surface area contributed by atoms with Crippen LogP contribution in [0.4, 0.5) is 4.39 Å². The van der Waals surface area contributed by atoms with Gasteiger partial charge in [-0.2, -0.15) is 0 Å². The molecule has 4 rings (SSSR count). The number of halogens is 1. The molecule has 2 atom stereocenters. The molecule has 4 nitrogen and oxygen atoms in total. The van der Waals surface area contributed by atoms with Gasteiger partial charge >= 0.3 is 5.97 Å². The number of fused-ring (bicyclic) bond motifs is 1. The number of aromatic nitrogens is 2. The van der Waals surface area contributed by atoms with Gasteiger partial charge in [0.25, 0.3) is 0 Å². The van der Waals surface area contributed by atoms with Crippen molar-refractivity contribution in [2.75, 3.05) is 0 Å². The molecular formula is C21H17FN2O2. The SMILES string of the molecule is Cc1c(F)cccc1C1CC(c2ccc3nccnc3c2)=CC1C(=O)O. The van der Waals surface area contributed by atoms with E-state index < -0.39 is 11.9 Å². The highest BCUT2D eigenvalue weighted by atomic mass is 19.1. The monoisotopic (exact) mass is 348 g/mol. The van der Waals surface area contributed by atoms with Gasteiger partial charge in [0.1, 0.15) is 5.82 Å². The van der Waals surface area contributed by atoms with E-state index in [1.54, 1.807) is 31.5 Å². The second-order valence-electron chi connectivity index (χ2n) is 6.58. The Hall–Kier alpha value is -3.08. The topological polar surface area (TPSA) is 63.1 Å². The summed E-state index contributed by atoms with van der Waals surface area (Å²) >= 11 is 0. The van der Waals surface area contributed by atoms with E-state index in [0.29, 0.717) is 12.0 Å². The zero-order valence-corrected chi connectivity index (χ0v) is 14.2. The third-order valence-electron chi connectivity index (χ3n) is 5.09. The largest absolute Gasteiger partial charge is 0.481 e. The first kappa shape index (κ1) is 16.4. The van der Waals surface area contributed by atoms with Crippen LogP contribution in [0.15, 0.2) is 54.9 Å². The third-order valence-corrected chi connectivity index (χ3v) is 5.09. The second-order valence-corrected chi connectivity index (χ2v) is 6.58. The van der Waals surface area contributed by atoms with E-state index in [1.165, 1.54) is 6.07 Å². The number of nitrogens with zero attached hydrogens (tertiary/aromatic N) is 2. The fourth-order valence-corrected chi connectivity index (χ4v) is 3.71. The van der Waals surface area contributed by atoms with E-state index >= 15 is 0 Å². The van der Waals surface area contributed by atoms with Crippen molar-refractivity contribution < 1.29 is 14.3 Å². The lowest BCUT2D eigenvalue weighted by molar-refractivity contribution is -0.140. The summed E-state index contributed by atoms with van der Waals surface area (Å²) in [7, 11) is 0. The molecule has 2 unspecified atom stereocenters. The third kappa shape index (κ3) is 2.75. The van der Waals surface area contributed by atoms with E-state index in [0.717, 1.165) is 27.7 Å². The van der Waals surface area contributed by atoms with Crippen LogP contribution >= 0.6 is 0 Å². The predicted octanol–water partition coefficient (Wildman–Crippen LogP) is 4.35. The second kappa shape index (κ2) is 6.33. The molecule has 1 aliphatic carbocycles. The molecule has 3 aromatic rings. The first-order valence-electron chi connectivity index (χ1n) is 8.44. The number of rotatable bonds is 3. The van der Waals surface area contributed by atoms with Crippen LogP contribution in [0.1, 0.15) is 29.0 Å². The van der Waals surface area contributed by atoms with Crippen LogP contribution in [-0.2, 0) is 4.79 Å². The Balaban J connectivity index is 1.75. The number of hydrogen-bond acceptors (Lipinski definition) is 3.